The number of aliphatic hydroxyl groups is 2. The highest BCUT2D eigenvalue weighted by Crippen LogP contribution is 2.61. The van der Waals surface area contributed by atoms with E-state index in [-0.39, 0.29) is 49.0 Å². The Kier molecular flexibility index (Phi) is 6.22. The van der Waals surface area contributed by atoms with Crippen LogP contribution in [-0.2, 0) is 14.3 Å². The number of ether oxygens (including phenoxy) is 1. The molecule has 2 fully saturated rings. The Morgan fingerprint density at radius 3 is 2.76 bits per heavy atom. The quantitative estimate of drug-likeness (QED) is 0.370. The summed E-state index contributed by atoms with van der Waals surface area (Å²) in [6.07, 6.45) is 4.96. The molecule has 0 radical (unpaired) electrons. The number of fused-ring (bicyclic) bond motifs is 1. The Morgan fingerprint density at radius 2 is 2.17 bits per heavy atom. The molecule has 2 saturated carbocycles. The van der Waals surface area contributed by atoms with Gasteiger partial charge in [0.2, 0.25) is 5.91 Å². The van der Waals surface area contributed by atoms with E-state index in [0.29, 0.717) is 18.4 Å². The Morgan fingerprint density at radius 1 is 1.45 bits per heavy atom. The van der Waals surface area contributed by atoms with E-state index in [1.165, 1.54) is 0 Å². The van der Waals surface area contributed by atoms with E-state index < -0.39 is 17.4 Å². The van der Waals surface area contributed by atoms with Gasteiger partial charge in [-0.2, -0.15) is 0 Å². The summed E-state index contributed by atoms with van der Waals surface area (Å²) in [7, 11) is 0. The second-order valence-corrected chi connectivity index (χ2v) is 9.42. The van der Waals surface area contributed by atoms with Crippen LogP contribution in [0.25, 0.3) is 0 Å². The zero-order chi connectivity index (χ0) is 21.4. The molecule has 1 heterocycles. The van der Waals surface area contributed by atoms with E-state index in [1.54, 1.807) is 6.08 Å². The lowest BCUT2D eigenvalue weighted by atomic mass is 9.46. The summed E-state index contributed by atoms with van der Waals surface area (Å²) in [5.41, 5.74) is 6.25. The van der Waals surface area contributed by atoms with Crippen LogP contribution in [0.5, 0.6) is 0 Å². The zero-order valence-corrected chi connectivity index (χ0v) is 17.4. The highest BCUT2D eigenvalue weighted by molar-refractivity contribution is 5.92. The van der Waals surface area contributed by atoms with Crippen molar-refractivity contribution in [3.63, 3.8) is 0 Å². The maximum atomic E-state index is 12.2. The van der Waals surface area contributed by atoms with Gasteiger partial charge in [-0.15, -0.1) is 0 Å². The van der Waals surface area contributed by atoms with Crippen LogP contribution in [0.3, 0.4) is 0 Å². The Bertz CT molecular complexity index is 720. The first-order chi connectivity index (χ1) is 13.6. The predicted molar refractivity (Wildman–Crippen MR) is 109 cm³/mol. The van der Waals surface area contributed by atoms with E-state index in [0.717, 1.165) is 24.8 Å². The summed E-state index contributed by atoms with van der Waals surface area (Å²) in [6.45, 7) is 8.69. The number of primary amides is 1. The largest absolute Gasteiger partial charge is 0.458 e. The predicted octanol–water partition coefficient (Wildman–Crippen LogP) is 1.05. The molecule has 7 heteroatoms. The third-order valence-electron chi connectivity index (χ3n) is 7.82. The first-order valence-electron chi connectivity index (χ1n) is 10.5. The van der Waals surface area contributed by atoms with Crippen molar-refractivity contribution in [3.8, 4) is 0 Å². The highest BCUT2D eigenvalue weighted by Gasteiger charge is 2.57. The van der Waals surface area contributed by atoms with Gasteiger partial charge in [-0.3, -0.25) is 4.79 Å². The summed E-state index contributed by atoms with van der Waals surface area (Å²) in [5, 5.41) is 23.9. The summed E-state index contributed by atoms with van der Waals surface area (Å²) < 4.78 is 5.09. The molecule has 7 nitrogen and oxygen atoms in total. The van der Waals surface area contributed by atoms with E-state index in [4.69, 9.17) is 10.5 Å². The number of nitrogens with two attached hydrogens (primary N) is 1. The standard InChI is InChI=1S/C22H34N2O5/c1-13-4-5-17-21(2,8-6-18(26)22(17,3)12-25)15(13)10-16(24-11-19(23)27)14-7-9-29-20(14)28/h7,15-18,24-26H,1,4-6,8-12H2,2-3H3,(H2,23,27)/t15-,16?,17?,18-,21-,22+/m1/s1. The normalized spacial score (nSPS) is 38.2. The Balaban J connectivity index is 1.90. The molecule has 0 spiro atoms. The number of allylic oxidation sites excluding steroid dienone is 1. The molecule has 0 aromatic heterocycles. The molecule has 2 aliphatic carbocycles. The summed E-state index contributed by atoms with van der Waals surface area (Å²) >= 11 is 0. The Labute approximate surface area is 172 Å². The average molecular weight is 407 g/mol. The fraction of sp³-hybridized carbons (Fsp3) is 0.727. The molecule has 29 heavy (non-hydrogen) atoms. The lowest BCUT2D eigenvalue weighted by Crippen LogP contribution is -2.58. The second kappa shape index (κ2) is 8.20. The van der Waals surface area contributed by atoms with Crippen molar-refractivity contribution in [2.75, 3.05) is 19.8 Å². The lowest BCUT2D eigenvalue weighted by molar-refractivity contribution is -0.153. The number of cyclic esters (lactones) is 1. The SMILES string of the molecule is C=C1CCC2[C@](C)(CO)[C@H](O)CC[C@]2(C)[C@@H]1CC(NCC(N)=O)C1=CCOC1=O. The average Bonchev–Trinajstić information content (AvgIpc) is 3.10. The van der Waals surface area contributed by atoms with Gasteiger partial charge in [-0.05, 0) is 55.4 Å². The summed E-state index contributed by atoms with van der Waals surface area (Å²) in [6, 6.07) is -0.359. The Hall–Kier alpha value is -1.70. The fourth-order valence-electron chi connectivity index (χ4n) is 6.07. The number of hydrogen-bond donors (Lipinski definition) is 4. The van der Waals surface area contributed by atoms with Crippen LogP contribution in [0, 0.1) is 22.7 Å². The van der Waals surface area contributed by atoms with Crippen LogP contribution in [0.2, 0.25) is 0 Å². The van der Waals surface area contributed by atoms with E-state index >= 15 is 0 Å². The van der Waals surface area contributed by atoms with Crippen molar-refractivity contribution in [1.29, 1.82) is 0 Å². The van der Waals surface area contributed by atoms with Crippen LogP contribution < -0.4 is 11.1 Å². The number of carbonyl (C=O) groups is 2. The van der Waals surface area contributed by atoms with Crippen molar-refractivity contribution in [2.24, 2.45) is 28.4 Å². The molecule has 3 aliphatic rings. The maximum absolute atomic E-state index is 12.2. The van der Waals surface area contributed by atoms with E-state index in [9.17, 15) is 19.8 Å². The minimum absolute atomic E-state index is 0.0261. The van der Waals surface area contributed by atoms with Crippen LogP contribution in [0.4, 0.5) is 0 Å². The molecule has 2 unspecified atom stereocenters. The topological polar surface area (TPSA) is 122 Å². The molecule has 1 amide bonds. The van der Waals surface area contributed by atoms with Gasteiger partial charge in [-0.25, -0.2) is 4.79 Å². The maximum Gasteiger partial charge on any atom is 0.335 e. The third-order valence-corrected chi connectivity index (χ3v) is 7.82. The van der Waals surface area contributed by atoms with E-state index in [2.05, 4.69) is 18.8 Å². The smallest absolute Gasteiger partial charge is 0.335 e. The van der Waals surface area contributed by atoms with Crippen LogP contribution >= 0.6 is 0 Å². The summed E-state index contributed by atoms with van der Waals surface area (Å²) in [5.74, 6) is -0.628. The first-order valence-corrected chi connectivity index (χ1v) is 10.5. The first kappa shape index (κ1) is 22.0. The van der Waals surface area contributed by atoms with Crippen molar-refractivity contribution >= 4 is 11.9 Å². The van der Waals surface area contributed by atoms with Gasteiger partial charge in [0.1, 0.15) is 6.61 Å². The van der Waals surface area contributed by atoms with Gasteiger partial charge in [0.15, 0.2) is 0 Å². The summed E-state index contributed by atoms with van der Waals surface area (Å²) in [4.78, 5) is 23.6. The molecule has 0 saturated heterocycles. The number of rotatable bonds is 7. The molecule has 0 aromatic rings. The molecular weight excluding hydrogens is 372 g/mol. The van der Waals surface area contributed by atoms with Gasteiger partial charge >= 0.3 is 5.97 Å². The van der Waals surface area contributed by atoms with Crippen molar-refractivity contribution in [1.82, 2.24) is 5.32 Å². The van der Waals surface area contributed by atoms with Crippen molar-refractivity contribution in [3.05, 3.63) is 23.8 Å². The minimum atomic E-state index is -0.562. The highest BCUT2D eigenvalue weighted by atomic mass is 16.5. The third kappa shape index (κ3) is 3.88. The number of esters is 1. The van der Waals surface area contributed by atoms with Crippen LogP contribution in [0.1, 0.15) is 46.0 Å². The van der Waals surface area contributed by atoms with Crippen LogP contribution in [0.15, 0.2) is 23.8 Å². The van der Waals surface area contributed by atoms with E-state index in [1.807, 2.05) is 6.92 Å². The second-order valence-electron chi connectivity index (χ2n) is 9.42. The van der Waals surface area contributed by atoms with Crippen molar-refractivity contribution < 1.29 is 24.5 Å². The number of amides is 1. The van der Waals surface area contributed by atoms with Gasteiger partial charge in [0, 0.05) is 11.5 Å². The number of aliphatic hydroxyl groups excluding tert-OH is 2. The number of hydrogen-bond acceptors (Lipinski definition) is 6. The van der Waals surface area contributed by atoms with Gasteiger partial charge in [0.25, 0.3) is 0 Å². The molecule has 0 aromatic carbocycles. The molecule has 6 atom stereocenters. The number of carbonyl (C=O) groups excluding carboxylic acids is 2. The monoisotopic (exact) mass is 406 g/mol. The number of nitrogens with one attached hydrogen (secondary N) is 1. The van der Waals surface area contributed by atoms with Crippen LogP contribution in [-0.4, -0.2) is 54.0 Å². The fourth-order valence-corrected chi connectivity index (χ4v) is 6.07. The molecule has 3 rings (SSSR count). The molecular formula is C22H34N2O5. The molecule has 5 N–H and O–H groups in total. The minimum Gasteiger partial charge on any atom is -0.458 e. The molecule has 162 valence electrons. The molecule has 1 aliphatic heterocycles. The molecule has 0 bridgehead atoms. The van der Waals surface area contributed by atoms with Gasteiger partial charge < -0.3 is 26.0 Å². The van der Waals surface area contributed by atoms with Gasteiger partial charge in [0.05, 0.1) is 24.8 Å². The zero-order valence-electron chi connectivity index (χ0n) is 17.4. The van der Waals surface area contributed by atoms with Gasteiger partial charge in [-0.1, -0.05) is 26.0 Å². The lowest BCUT2D eigenvalue weighted by Gasteiger charge is -2.60. The van der Waals surface area contributed by atoms with Crippen molar-refractivity contribution in [2.45, 2.75) is 58.1 Å².